The van der Waals surface area contributed by atoms with Crippen molar-refractivity contribution < 1.29 is 4.79 Å². The first-order valence-electron chi connectivity index (χ1n) is 6.77. The Morgan fingerprint density at radius 3 is 2.79 bits per heavy atom. The number of nitrogens with zero attached hydrogens (tertiary/aromatic N) is 2. The summed E-state index contributed by atoms with van der Waals surface area (Å²) in [6.07, 6.45) is 1.17. The lowest BCUT2D eigenvalue weighted by molar-refractivity contribution is 0.0774. The SMILES string of the molecule is Cc1cc(N)cc(C(=O)N(C)CC2CCN(C)C2)c1. The molecule has 1 saturated heterocycles. The van der Waals surface area contributed by atoms with Crippen LogP contribution in [0.2, 0.25) is 0 Å². The summed E-state index contributed by atoms with van der Waals surface area (Å²) in [6.45, 7) is 4.98. The average Bonchev–Trinajstić information content (AvgIpc) is 2.72. The fourth-order valence-corrected chi connectivity index (χ4v) is 2.80. The summed E-state index contributed by atoms with van der Waals surface area (Å²) in [4.78, 5) is 16.5. The van der Waals surface area contributed by atoms with Crippen molar-refractivity contribution in [1.29, 1.82) is 0 Å². The number of anilines is 1. The quantitative estimate of drug-likeness (QED) is 0.841. The Morgan fingerprint density at radius 2 is 2.21 bits per heavy atom. The van der Waals surface area contributed by atoms with Crippen molar-refractivity contribution in [1.82, 2.24) is 9.80 Å². The van der Waals surface area contributed by atoms with Crippen LogP contribution in [0.15, 0.2) is 18.2 Å². The van der Waals surface area contributed by atoms with Crippen LogP contribution in [-0.2, 0) is 0 Å². The number of aryl methyl sites for hydroxylation is 1. The van der Waals surface area contributed by atoms with Crippen LogP contribution in [0.4, 0.5) is 5.69 Å². The molecule has 0 spiro atoms. The van der Waals surface area contributed by atoms with E-state index in [0.717, 1.165) is 25.2 Å². The van der Waals surface area contributed by atoms with Crippen LogP contribution in [0.5, 0.6) is 0 Å². The van der Waals surface area contributed by atoms with Crippen molar-refractivity contribution in [2.24, 2.45) is 5.92 Å². The summed E-state index contributed by atoms with van der Waals surface area (Å²) in [5, 5.41) is 0. The highest BCUT2D eigenvalue weighted by atomic mass is 16.2. The van der Waals surface area contributed by atoms with E-state index in [1.165, 1.54) is 6.42 Å². The van der Waals surface area contributed by atoms with Crippen LogP contribution in [0.1, 0.15) is 22.3 Å². The van der Waals surface area contributed by atoms with E-state index in [1.807, 2.05) is 31.0 Å². The van der Waals surface area contributed by atoms with Gasteiger partial charge in [0.25, 0.3) is 5.91 Å². The topological polar surface area (TPSA) is 49.6 Å². The molecule has 2 rings (SSSR count). The molecular formula is C15H23N3O. The van der Waals surface area contributed by atoms with Gasteiger partial charge < -0.3 is 15.5 Å². The summed E-state index contributed by atoms with van der Waals surface area (Å²) < 4.78 is 0. The molecular weight excluding hydrogens is 238 g/mol. The molecule has 2 N–H and O–H groups in total. The molecule has 0 saturated carbocycles. The Bertz CT molecular complexity index is 452. The zero-order valence-corrected chi connectivity index (χ0v) is 12.0. The van der Waals surface area contributed by atoms with Crippen molar-refractivity contribution in [2.75, 3.05) is 39.5 Å². The molecule has 4 heteroatoms. The maximum atomic E-state index is 12.4. The molecule has 1 unspecified atom stereocenters. The highest BCUT2D eigenvalue weighted by molar-refractivity contribution is 5.95. The third-order valence-electron chi connectivity index (χ3n) is 3.71. The smallest absolute Gasteiger partial charge is 0.253 e. The third kappa shape index (κ3) is 3.47. The number of hydrogen-bond acceptors (Lipinski definition) is 3. The monoisotopic (exact) mass is 261 g/mol. The van der Waals surface area contributed by atoms with E-state index in [1.54, 1.807) is 6.07 Å². The second kappa shape index (κ2) is 5.61. The van der Waals surface area contributed by atoms with Crippen LogP contribution >= 0.6 is 0 Å². The van der Waals surface area contributed by atoms with Crippen molar-refractivity contribution >= 4 is 11.6 Å². The summed E-state index contributed by atoms with van der Waals surface area (Å²) >= 11 is 0. The van der Waals surface area contributed by atoms with Crippen LogP contribution in [0, 0.1) is 12.8 Å². The maximum absolute atomic E-state index is 12.4. The minimum atomic E-state index is 0.0601. The van der Waals surface area contributed by atoms with Crippen LogP contribution in [0.25, 0.3) is 0 Å². The van der Waals surface area contributed by atoms with Gasteiger partial charge in [-0.05, 0) is 56.6 Å². The van der Waals surface area contributed by atoms with Gasteiger partial charge >= 0.3 is 0 Å². The normalized spacial score (nSPS) is 19.6. The number of nitrogens with two attached hydrogens (primary N) is 1. The predicted octanol–water partition coefficient (Wildman–Crippen LogP) is 1.60. The first-order chi connectivity index (χ1) is 8.95. The van der Waals surface area contributed by atoms with Gasteiger partial charge in [0.05, 0.1) is 0 Å². The number of likely N-dealkylation sites (tertiary alicyclic amines) is 1. The number of rotatable bonds is 3. The summed E-state index contributed by atoms with van der Waals surface area (Å²) in [5.41, 5.74) is 8.16. The first kappa shape index (κ1) is 13.9. The van der Waals surface area contributed by atoms with E-state index in [4.69, 9.17) is 5.73 Å². The molecule has 19 heavy (non-hydrogen) atoms. The van der Waals surface area contributed by atoms with Crippen molar-refractivity contribution in [3.8, 4) is 0 Å². The van der Waals surface area contributed by atoms with Gasteiger partial charge in [-0.2, -0.15) is 0 Å². The number of amides is 1. The largest absolute Gasteiger partial charge is 0.399 e. The van der Waals surface area contributed by atoms with Gasteiger partial charge in [-0.15, -0.1) is 0 Å². The Kier molecular flexibility index (Phi) is 4.10. The van der Waals surface area contributed by atoms with Crippen LogP contribution in [-0.4, -0.2) is 49.4 Å². The molecule has 0 radical (unpaired) electrons. The number of carbonyl (C=O) groups is 1. The summed E-state index contributed by atoms with van der Waals surface area (Å²) in [7, 11) is 4.00. The molecule has 1 atom stereocenters. The molecule has 1 aromatic carbocycles. The van der Waals surface area contributed by atoms with E-state index in [9.17, 15) is 4.79 Å². The number of nitrogen functional groups attached to an aromatic ring is 1. The number of hydrogen-bond donors (Lipinski definition) is 1. The fraction of sp³-hybridized carbons (Fsp3) is 0.533. The van der Waals surface area contributed by atoms with Gasteiger partial charge in [0.1, 0.15) is 0 Å². The number of benzene rings is 1. The van der Waals surface area contributed by atoms with Gasteiger partial charge in [0.15, 0.2) is 0 Å². The van der Waals surface area contributed by atoms with Gasteiger partial charge in [-0.1, -0.05) is 0 Å². The molecule has 1 fully saturated rings. The molecule has 0 bridgehead atoms. The first-order valence-corrected chi connectivity index (χ1v) is 6.77. The minimum Gasteiger partial charge on any atom is -0.399 e. The van der Waals surface area contributed by atoms with E-state index in [0.29, 0.717) is 17.2 Å². The molecule has 1 amide bonds. The highest BCUT2D eigenvalue weighted by Gasteiger charge is 2.23. The summed E-state index contributed by atoms with van der Waals surface area (Å²) in [5.74, 6) is 0.644. The second-order valence-electron chi connectivity index (χ2n) is 5.73. The maximum Gasteiger partial charge on any atom is 0.253 e. The van der Waals surface area contributed by atoms with Crippen LogP contribution < -0.4 is 5.73 Å². The van der Waals surface area contributed by atoms with E-state index >= 15 is 0 Å². The Hall–Kier alpha value is -1.55. The molecule has 0 aliphatic carbocycles. The third-order valence-corrected chi connectivity index (χ3v) is 3.71. The van der Waals surface area contributed by atoms with E-state index in [-0.39, 0.29) is 5.91 Å². The van der Waals surface area contributed by atoms with E-state index in [2.05, 4.69) is 11.9 Å². The van der Waals surface area contributed by atoms with Crippen molar-refractivity contribution in [3.05, 3.63) is 29.3 Å². The lowest BCUT2D eigenvalue weighted by atomic mass is 10.1. The zero-order chi connectivity index (χ0) is 14.0. The fourth-order valence-electron chi connectivity index (χ4n) is 2.80. The van der Waals surface area contributed by atoms with Crippen molar-refractivity contribution in [3.63, 3.8) is 0 Å². The predicted molar refractivity (Wildman–Crippen MR) is 78.2 cm³/mol. The Labute approximate surface area is 115 Å². The standard InChI is InChI=1S/C15H23N3O/c1-11-6-13(8-14(16)7-11)15(19)18(3)10-12-4-5-17(2)9-12/h6-8,12H,4-5,9-10,16H2,1-3H3. The minimum absolute atomic E-state index is 0.0601. The van der Waals surface area contributed by atoms with Gasteiger partial charge in [0.2, 0.25) is 0 Å². The van der Waals surface area contributed by atoms with Gasteiger partial charge in [0, 0.05) is 31.4 Å². The van der Waals surface area contributed by atoms with E-state index < -0.39 is 0 Å². The molecule has 1 heterocycles. The molecule has 104 valence electrons. The zero-order valence-electron chi connectivity index (χ0n) is 12.0. The summed E-state index contributed by atoms with van der Waals surface area (Å²) in [6, 6.07) is 5.53. The molecule has 4 nitrogen and oxygen atoms in total. The molecule has 1 aromatic rings. The Morgan fingerprint density at radius 1 is 1.47 bits per heavy atom. The van der Waals surface area contributed by atoms with Crippen molar-refractivity contribution in [2.45, 2.75) is 13.3 Å². The lowest BCUT2D eigenvalue weighted by Crippen LogP contribution is -2.32. The Balaban J connectivity index is 2.02. The molecule has 1 aliphatic rings. The number of carbonyl (C=O) groups excluding carboxylic acids is 1. The van der Waals surface area contributed by atoms with Gasteiger partial charge in [-0.25, -0.2) is 0 Å². The highest BCUT2D eigenvalue weighted by Crippen LogP contribution is 2.17. The van der Waals surface area contributed by atoms with Gasteiger partial charge in [-0.3, -0.25) is 4.79 Å². The molecule has 1 aliphatic heterocycles. The average molecular weight is 261 g/mol. The second-order valence-corrected chi connectivity index (χ2v) is 5.73. The van der Waals surface area contributed by atoms with Crippen LogP contribution in [0.3, 0.4) is 0 Å². The lowest BCUT2D eigenvalue weighted by Gasteiger charge is -2.21. The molecule has 0 aromatic heterocycles.